The molecule has 3 nitrogen and oxygen atoms in total. The number of rotatable bonds is 3. The fourth-order valence-electron chi connectivity index (χ4n) is 1.54. The highest BCUT2D eigenvalue weighted by Gasteiger charge is 2.07. The number of halogens is 3. The molecular weight excluding hydrogens is 293 g/mol. The summed E-state index contributed by atoms with van der Waals surface area (Å²) in [7, 11) is 1.86. The van der Waals surface area contributed by atoms with E-state index in [9.17, 15) is 0 Å². The fourth-order valence-corrected chi connectivity index (χ4v) is 2.14. The average molecular weight is 305 g/mol. The van der Waals surface area contributed by atoms with Gasteiger partial charge in [0.2, 0.25) is 0 Å². The first-order valence-electron chi connectivity index (χ1n) is 5.34. The van der Waals surface area contributed by atoms with Gasteiger partial charge < -0.3 is 9.88 Å². The first-order chi connectivity index (χ1) is 8.49. The van der Waals surface area contributed by atoms with Crippen LogP contribution in [0.2, 0.25) is 15.2 Å². The normalized spacial score (nSPS) is 10.7. The minimum Gasteiger partial charge on any atom is -0.377 e. The third kappa shape index (κ3) is 2.74. The van der Waals surface area contributed by atoms with Crippen molar-refractivity contribution >= 4 is 40.5 Å². The van der Waals surface area contributed by atoms with Crippen LogP contribution in [0.1, 0.15) is 11.4 Å². The van der Waals surface area contributed by atoms with E-state index >= 15 is 0 Å². The lowest BCUT2D eigenvalue weighted by Gasteiger charge is -2.10. The molecule has 1 N–H and O–H groups in total. The molecule has 18 heavy (non-hydrogen) atoms. The summed E-state index contributed by atoms with van der Waals surface area (Å²) in [6.07, 6.45) is 1.61. The van der Waals surface area contributed by atoms with Crippen molar-refractivity contribution in [1.29, 1.82) is 0 Å². The van der Waals surface area contributed by atoms with Gasteiger partial charge in [-0.2, -0.15) is 0 Å². The summed E-state index contributed by atoms with van der Waals surface area (Å²) in [5, 5.41) is 5.11. The number of aryl methyl sites for hydroxylation is 1. The Morgan fingerprint density at radius 2 is 1.94 bits per heavy atom. The third-order valence-corrected chi connectivity index (χ3v) is 3.78. The molecule has 0 aliphatic rings. The van der Waals surface area contributed by atoms with Crippen molar-refractivity contribution in [3.63, 3.8) is 0 Å². The number of aromatic nitrogens is 2. The number of hydrogen-bond acceptors (Lipinski definition) is 2. The van der Waals surface area contributed by atoms with Gasteiger partial charge >= 0.3 is 0 Å². The first kappa shape index (κ1) is 13.5. The summed E-state index contributed by atoms with van der Waals surface area (Å²) in [6.45, 7) is 2.44. The van der Waals surface area contributed by atoms with Gasteiger partial charge in [0.05, 0.1) is 23.5 Å². The maximum atomic E-state index is 6.14. The Hall–Kier alpha value is -0.900. The monoisotopic (exact) mass is 303 g/mol. The number of hydrogen-bond donors (Lipinski definition) is 1. The summed E-state index contributed by atoms with van der Waals surface area (Å²) in [4.78, 5) is 4.19. The third-order valence-electron chi connectivity index (χ3n) is 2.71. The molecule has 2 aromatic rings. The van der Waals surface area contributed by atoms with E-state index in [2.05, 4.69) is 10.3 Å². The van der Waals surface area contributed by atoms with Crippen LogP contribution >= 0.6 is 34.8 Å². The lowest BCUT2D eigenvalue weighted by Crippen LogP contribution is -2.06. The number of anilines is 1. The van der Waals surface area contributed by atoms with Crippen LogP contribution in [-0.4, -0.2) is 9.55 Å². The van der Waals surface area contributed by atoms with Crippen molar-refractivity contribution in [1.82, 2.24) is 9.55 Å². The highest BCUT2D eigenvalue weighted by atomic mass is 35.5. The molecule has 0 fully saturated rings. The van der Waals surface area contributed by atoms with Crippen LogP contribution in [0.25, 0.3) is 0 Å². The highest BCUT2D eigenvalue weighted by molar-refractivity contribution is 6.35. The van der Waals surface area contributed by atoms with E-state index in [4.69, 9.17) is 34.8 Å². The Labute approximate surface area is 121 Å². The van der Waals surface area contributed by atoms with Gasteiger partial charge in [-0.25, -0.2) is 4.98 Å². The lowest BCUT2D eigenvalue weighted by molar-refractivity contribution is 0.813. The number of benzene rings is 1. The Morgan fingerprint density at radius 3 is 2.56 bits per heavy atom. The predicted octanol–water partition coefficient (Wildman–Crippen LogP) is 4.30. The van der Waals surface area contributed by atoms with Crippen molar-refractivity contribution in [3.05, 3.63) is 44.9 Å². The predicted molar refractivity (Wildman–Crippen MR) is 76.7 cm³/mol. The van der Waals surface area contributed by atoms with E-state index in [0.717, 1.165) is 17.1 Å². The summed E-state index contributed by atoms with van der Waals surface area (Å²) < 4.78 is 1.80. The van der Waals surface area contributed by atoms with Crippen LogP contribution in [-0.2, 0) is 13.6 Å². The zero-order valence-corrected chi connectivity index (χ0v) is 12.2. The van der Waals surface area contributed by atoms with Gasteiger partial charge in [-0.3, -0.25) is 0 Å². The second-order valence-electron chi connectivity index (χ2n) is 3.99. The van der Waals surface area contributed by atoms with Crippen LogP contribution in [0.5, 0.6) is 0 Å². The fraction of sp³-hybridized carbons (Fsp3) is 0.250. The molecule has 0 unspecified atom stereocenters. The second kappa shape index (κ2) is 5.39. The van der Waals surface area contributed by atoms with Crippen molar-refractivity contribution < 1.29 is 0 Å². The van der Waals surface area contributed by atoms with E-state index in [1.807, 2.05) is 26.1 Å². The van der Waals surface area contributed by atoms with Crippen LogP contribution in [0.4, 0.5) is 5.69 Å². The minimum atomic E-state index is 0.530. The molecule has 0 saturated heterocycles. The van der Waals surface area contributed by atoms with Gasteiger partial charge in [-0.15, -0.1) is 0 Å². The van der Waals surface area contributed by atoms with Gasteiger partial charge in [0, 0.05) is 12.1 Å². The molecule has 0 bridgehead atoms. The molecule has 2 rings (SSSR count). The summed E-state index contributed by atoms with van der Waals surface area (Å²) in [6, 6.07) is 3.64. The van der Waals surface area contributed by atoms with Gasteiger partial charge in [0.1, 0.15) is 11.0 Å². The zero-order valence-electron chi connectivity index (χ0n) is 9.97. The zero-order chi connectivity index (χ0) is 13.3. The van der Waals surface area contributed by atoms with Crippen LogP contribution < -0.4 is 5.32 Å². The molecule has 0 atom stereocenters. The second-order valence-corrected chi connectivity index (χ2v) is 5.19. The van der Waals surface area contributed by atoms with E-state index < -0.39 is 0 Å². The Morgan fingerprint density at radius 1 is 1.22 bits per heavy atom. The summed E-state index contributed by atoms with van der Waals surface area (Å²) in [5.74, 6) is 0.827. The molecule has 0 aliphatic heterocycles. The summed E-state index contributed by atoms with van der Waals surface area (Å²) >= 11 is 18.1. The quantitative estimate of drug-likeness (QED) is 0.916. The van der Waals surface area contributed by atoms with Gasteiger partial charge in [-0.05, 0) is 24.6 Å². The summed E-state index contributed by atoms with van der Waals surface area (Å²) in [5.41, 5.74) is 1.73. The Kier molecular flexibility index (Phi) is 4.05. The van der Waals surface area contributed by atoms with E-state index in [0.29, 0.717) is 21.7 Å². The molecule has 6 heteroatoms. The van der Waals surface area contributed by atoms with Gasteiger partial charge in [0.25, 0.3) is 0 Å². The Balaban J connectivity index is 2.16. The molecular formula is C12H12Cl3N3. The SMILES string of the molecule is Cc1cc(Cl)c(NCc2ncc(Cl)n2C)cc1Cl. The maximum Gasteiger partial charge on any atom is 0.128 e. The van der Waals surface area contributed by atoms with E-state index in [1.54, 1.807) is 10.8 Å². The molecule has 96 valence electrons. The highest BCUT2D eigenvalue weighted by Crippen LogP contribution is 2.29. The molecule has 1 aromatic carbocycles. The van der Waals surface area contributed by atoms with Crippen molar-refractivity contribution in [3.8, 4) is 0 Å². The maximum absolute atomic E-state index is 6.14. The van der Waals surface area contributed by atoms with E-state index in [1.165, 1.54) is 0 Å². The number of nitrogens with one attached hydrogen (secondary N) is 1. The minimum absolute atomic E-state index is 0.530. The largest absolute Gasteiger partial charge is 0.377 e. The van der Waals surface area contributed by atoms with Crippen molar-refractivity contribution in [2.75, 3.05) is 5.32 Å². The van der Waals surface area contributed by atoms with Crippen LogP contribution in [0.15, 0.2) is 18.3 Å². The van der Waals surface area contributed by atoms with E-state index in [-0.39, 0.29) is 0 Å². The lowest BCUT2D eigenvalue weighted by atomic mass is 10.2. The first-order valence-corrected chi connectivity index (χ1v) is 6.48. The Bertz CT molecular complexity index is 578. The molecule has 0 spiro atoms. The molecule has 1 heterocycles. The molecule has 1 aromatic heterocycles. The van der Waals surface area contributed by atoms with Crippen molar-refractivity contribution in [2.45, 2.75) is 13.5 Å². The topological polar surface area (TPSA) is 29.9 Å². The van der Waals surface area contributed by atoms with Gasteiger partial charge in [-0.1, -0.05) is 34.8 Å². The molecule has 0 saturated carbocycles. The smallest absolute Gasteiger partial charge is 0.128 e. The molecule has 0 aliphatic carbocycles. The average Bonchev–Trinajstić information content (AvgIpc) is 2.63. The molecule has 0 amide bonds. The van der Waals surface area contributed by atoms with Crippen LogP contribution in [0, 0.1) is 6.92 Å². The number of imidazole rings is 1. The standard InChI is InChI=1S/C12H12Cl3N3/c1-7-3-9(14)10(4-8(7)13)16-6-12-17-5-11(15)18(12)2/h3-5,16H,6H2,1-2H3. The molecule has 0 radical (unpaired) electrons. The van der Waals surface area contributed by atoms with Gasteiger partial charge in [0.15, 0.2) is 0 Å². The number of nitrogens with zero attached hydrogens (tertiary/aromatic N) is 2. The van der Waals surface area contributed by atoms with Crippen LogP contribution in [0.3, 0.4) is 0 Å². The van der Waals surface area contributed by atoms with Crippen molar-refractivity contribution in [2.24, 2.45) is 7.05 Å².